The summed E-state index contributed by atoms with van der Waals surface area (Å²) in [5, 5.41) is 0. The number of aliphatic imine (C=N–C) groups is 1. The molecule has 3 nitrogen and oxygen atoms in total. The number of rotatable bonds is 1. The highest BCUT2D eigenvalue weighted by Gasteiger charge is 2.05. The minimum atomic E-state index is -0.325. The molecule has 0 aromatic heterocycles. The van der Waals surface area contributed by atoms with Crippen molar-refractivity contribution in [1.82, 2.24) is 0 Å². The summed E-state index contributed by atoms with van der Waals surface area (Å²) in [5.41, 5.74) is 0.529. The van der Waals surface area contributed by atoms with E-state index in [0.717, 1.165) is 12.8 Å². The van der Waals surface area contributed by atoms with E-state index in [2.05, 4.69) is 9.73 Å². The van der Waals surface area contributed by atoms with Gasteiger partial charge in [0.2, 0.25) is 0 Å². The predicted molar refractivity (Wildman–Crippen MR) is 47.0 cm³/mol. The van der Waals surface area contributed by atoms with E-state index < -0.39 is 0 Å². The Hall–Kier alpha value is -1.38. The number of carbonyl (C=O) groups is 1. The van der Waals surface area contributed by atoms with Crippen LogP contribution in [0.5, 0.6) is 0 Å². The van der Waals surface area contributed by atoms with E-state index >= 15 is 0 Å². The Labute approximate surface area is 71.4 Å². The monoisotopic (exact) mass is 165 g/mol. The normalized spacial score (nSPS) is 25.9. The van der Waals surface area contributed by atoms with Gasteiger partial charge in [-0.3, -0.25) is 4.99 Å². The number of hydrogen-bond donors (Lipinski definition) is 0. The van der Waals surface area contributed by atoms with Crippen LogP contribution in [-0.2, 0) is 9.53 Å². The van der Waals surface area contributed by atoms with Crippen LogP contribution >= 0.6 is 0 Å². The van der Waals surface area contributed by atoms with Gasteiger partial charge in [-0.05, 0) is 12.8 Å². The lowest BCUT2D eigenvalue weighted by atomic mass is 10.2. The second-order valence-electron chi connectivity index (χ2n) is 2.39. The Bertz CT molecular complexity index is 251. The molecule has 0 aromatic carbocycles. The number of methoxy groups -OCH3 is 1. The maximum atomic E-state index is 11.0. The summed E-state index contributed by atoms with van der Waals surface area (Å²) < 4.78 is 4.56. The number of hydrogen-bond acceptors (Lipinski definition) is 3. The van der Waals surface area contributed by atoms with E-state index in [0.29, 0.717) is 5.57 Å². The van der Waals surface area contributed by atoms with Gasteiger partial charge in [-0.1, -0.05) is 12.2 Å². The lowest BCUT2D eigenvalue weighted by Gasteiger charge is -1.99. The van der Waals surface area contributed by atoms with Crippen LogP contribution in [0.3, 0.4) is 0 Å². The summed E-state index contributed by atoms with van der Waals surface area (Å²) in [5.74, 6) is -0.325. The Kier molecular flexibility index (Phi) is 3.26. The summed E-state index contributed by atoms with van der Waals surface area (Å²) in [6.45, 7) is 0. The molecular formula is C9H11NO2. The van der Waals surface area contributed by atoms with Crippen LogP contribution in [0.15, 0.2) is 28.9 Å². The molecule has 0 amide bonds. The van der Waals surface area contributed by atoms with E-state index in [1.165, 1.54) is 13.3 Å². The average molecular weight is 165 g/mol. The van der Waals surface area contributed by atoms with Crippen LogP contribution in [0.1, 0.15) is 12.8 Å². The highest BCUT2D eigenvalue weighted by atomic mass is 16.5. The van der Waals surface area contributed by atoms with Crippen molar-refractivity contribution in [3.63, 3.8) is 0 Å². The van der Waals surface area contributed by atoms with Crippen LogP contribution < -0.4 is 0 Å². The van der Waals surface area contributed by atoms with Crippen LogP contribution in [0, 0.1) is 0 Å². The van der Waals surface area contributed by atoms with Crippen LogP contribution in [-0.4, -0.2) is 19.3 Å². The molecule has 0 atom stereocenters. The quantitative estimate of drug-likeness (QED) is 0.552. The van der Waals surface area contributed by atoms with Gasteiger partial charge in [-0.2, -0.15) is 0 Å². The van der Waals surface area contributed by atoms with E-state index in [4.69, 9.17) is 0 Å². The summed E-state index contributed by atoms with van der Waals surface area (Å²) >= 11 is 0. The molecule has 1 rings (SSSR count). The minimum Gasteiger partial charge on any atom is -0.465 e. The molecule has 12 heavy (non-hydrogen) atoms. The van der Waals surface area contributed by atoms with Crippen LogP contribution in [0.4, 0.5) is 0 Å². The molecule has 0 aromatic rings. The molecule has 0 bridgehead atoms. The first-order chi connectivity index (χ1) is 5.84. The molecule has 0 radical (unpaired) electrons. The molecule has 0 saturated carbocycles. The largest absolute Gasteiger partial charge is 0.465 e. The Morgan fingerprint density at radius 3 is 3.17 bits per heavy atom. The zero-order valence-electron chi connectivity index (χ0n) is 6.99. The molecule has 0 spiro atoms. The van der Waals surface area contributed by atoms with Gasteiger partial charge >= 0.3 is 5.97 Å². The van der Waals surface area contributed by atoms with Gasteiger partial charge in [-0.25, -0.2) is 4.79 Å². The van der Waals surface area contributed by atoms with Crippen LogP contribution in [0.25, 0.3) is 0 Å². The number of esters is 1. The molecule has 3 heteroatoms. The van der Waals surface area contributed by atoms with Crippen molar-refractivity contribution in [1.29, 1.82) is 0 Å². The molecule has 0 saturated heterocycles. The van der Waals surface area contributed by atoms with Gasteiger partial charge in [-0.15, -0.1) is 0 Å². The molecule has 1 aliphatic rings. The molecule has 0 fully saturated rings. The van der Waals surface area contributed by atoms with E-state index in [-0.39, 0.29) is 5.97 Å². The Morgan fingerprint density at radius 1 is 1.58 bits per heavy atom. The van der Waals surface area contributed by atoms with E-state index in [9.17, 15) is 4.79 Å². The van der Waals surface area contributed by atoms with Crippen molar-refractivity contribution in [2.45, 2.75) is 12.8 Å². The second kappa shape index (κ2) is 4.49. The summed E-state index contributed by atoms with van der Waals surface area (Å²) in [7, 11) is 1.37. The van der Waals surface area contributed by atoms with Crippen LogP contribution in [0.2, 0.25) is 0 Å². The van der Waals surface area contributed by atoms with Crippen molar-refractivity contribution in [3.8, 4) is 0 Å². The topological polar surface area (TPSA) is 38.7 Å². The first-order valence-corrected chi connectivity index (χ1v) is 3.81. The minimum absolute atomic E-state index is 0.325. The van der Waals surface area contributed by atoms with Gasteiger partial charge in [0.15, 0.2) is 0 Å². The van der Waals surface area contributed by atoms with Crippen molar-refractivity contribution in [2.75, 3.05) is 7.11 Å². The molecular weight excluding hydrogens is 154 g/mol. The summed E-state index contributed by atoms with van der Waals surface area (Å²) in [6.07, 6.45) is 8.77. The highest BCUT2D eigenvalue weighted by molar-refractivity contribution is 6.09. The molecule has 64 valence electrons. The van der Waals surface area contributed by atoms with Crippen molar-refractivity contribution in [2.24, 2.45) is 4.99 Å². The predicted octanol–water partition coefficient (Wildman–Crippen LogP) is 1.46. The van der Waals surface area contributed by atoms with Gasteiger partial charge in [0.1, 0.15) is 0 Å². The van der Waals surface area contributed by atoms with E-state index in [1.807, 2.05) is 12.2 Å². The fourth-order valence-corrected chi connectivity index (χ4v) is 0.900. The average Bonchev–Trinajstić information content (AvgIpc) is 2.02. The Morgan fingerprint density at radius 2 is 2.42 bits per heavy atom. The standard InChI is InChI=1S/C9H11NO2/c1-12-9(11)8-5-3-2-4-6-10-7-8/h4-7H,2-3H2,1H3/b6-4-,8-5+,10-7+. The second-order valence-corrected chi connectivity index (χ2v) is 2.39. The molecule has 0 unspecified atom stereocenters. The molecule has 0 N–H and O–H groups in total. The summed E-state index contributed by atoms with van der Waals surface area (Å²) in [4.78, 5) is 14.9. The lowest BCUT2D eigenvalue weighted by Crippen LogP contribution is -2.06. The third kappa shape index (κ3) is 2.34. The highest BCUT2D eigenvalue weighted by Crippen LogP contribution is 2.03. The Balaban J connectivity index is 2.74. The first-order valence-electron chi connectivity index (χ1n) is 3.81. The third-order valence-electron chi connectivity index (χ3n) is 1.52. The summed E-state index contributed by atoms with van der Waals surface area (Å²) in [6, 6.07) is 0. The third-order valence-corrected chi connectivity index (χ3v) is 1.52. The molecule has 0 aliphatic carbocycles. The number of nitrogens with zero attached hydrogens (tertiary/aromatic N) is 1. The van der Waals surface area contributed by atoms with Crippen molar-refractivity contribution in [3.05, 3.63) is 23.9 Å². The number of allylic oxidation sites excluding steroid dienone is 2. The van der Waals surface area contributed by atoms with Gasteiger partial charge in [0.25, 0.3) is 0 Å². The van der Waals surface area contributed by atoms with Crippen molar-refractivity contribution >= 4 is 12.2 Å². The maximum Gasteiger partial charge on any atom is 0.339 e. The molecule has 1 heterocycles. The van der Waals surface area contributed by atoms with Gasteiger partial charge < -0.3 is 4.74 Å². The van der Waals surface area contributed by atoms with Crippen molar-refractivity contribution < 1.29 is 9.53 Å². The smallest absolute Gasteiger partial charge is 0.339 e. The maximum absolute atomic E-state index is 11.0. The van der Waals surface area contributed by atoms with Gasteiger partial charge in [0.05, 0.1) is 12.7 Å². The number of carbonyl (C=O) groups excluding carboxylic acids is 1. The van der Waals surface area contributed by atoms with E-state index in [1.54, 1.807) is 6.20 Å². The number of ether oxygens (including phenoxy) is 1. The first kappa shape index (κ1) is 8.71. The fourth-order valence-electron chi connectivity index (χ4n) is 0.900. The lowest BCUT2D eigenvalue weighted by molar-refractivity contribution is -0.135. The zero-order chi connectivity index (χ0) is 8.81. The fraction of sp³-hybridized carbons (Fsp3) is 0.333. The zero-order valence-corrected chi connectivity index (χ0v) is 6.99. The van der Waals surface area contributed by atoms with Gasteiger partial charge in [0, 0.05) is 12.4 Å². The SMILES string of the molecule is COC(=O)C1=C\CC\C=C/N=C/1. The molecule has 1 aliphatic heterocycles.